The summed E-state index contributed by atoms with van der Waals surface area (Å²) in [4.78, 5) is 10.9. The zero-order chi connectivity index (χ0) is 8.81. The summed E-state index contributed by atoms with van der Waals surface area (Å²) in [5.74, 6) is 0.0925. The second-order valence-electron chi connectivity index (χ2n) is 2.66. The third kappa shape index (κ3) is 2.78. The van der Waals surface area contributed by atoms with E-state index >= 15 is 0 Å². The van der Waals surface area contributed by atoms with Gasteiger partial charge in [-0.25, -0.2) is 0 Å². The van der Waals surface area contributed by atoms with Gasteiger partial charge >= 0.3 is 0 Å². The first kappa shape index (κ1) is 8.84. The van der Waals surface area contributed by atoms with Crippen molar-refractivity contribution in [1.82, 2.24) is 10.6 Å². The number of hydrogen-bond acceptors (Lipinski definition) is 2. The fourth-order valence-corrected chi connectivity index (χ4v) is 0.952. The Balaban J connectivity index is 2.27. The lowest BCUT2D eigenvalue weighted by atomic mass is 10.2. The molecule has 0 fully saturated rings. The van der Waals surface area contributed by atoms with Gasteiger partial charge in [-0.1, -0.05) is 19.1 Å². The van der Waals surface area contributed by atoms with Crippen molar-refractivity contribution in [2.24, 2.45) is 0 Å². The van der Waals surface area contributed by atoms with E-state index in [0.717, 1.165) is 12.1 Å². The minimum atomic E-state index is 0.0925. The van der Waals surface area contributed by atoms with Gasteiger partial charge in [-0.2, -0.15) is 0 Å². The molecule has 0 bridgehead atoms. The molecule has 1 aliphatic heterocycles. The van der Waals surface area contributed by atoms with Gasteiger partial charge in [0, 0.05) is 25.7 Å². The Morgan fingerprint density at radius 3 is 3.17 bits per heavy atom. The van der Waals surface area contributed by atoms with Gasteiger partial charge in [-0.15, -0.1) is 0 Å². The molecule has 2 N–H and O–H groups in total. The molecule has 1 heterocycles. The predicted molar refractivity (Wildman–Crippen MR) is 48.5 cm³/mol. The molecule has 1 aliphatic rings. The van der Waals surface area contributed by atoms with Gasteiger partial charge in [0.05, 0.1) is 0 Å². The number of amides is 1. The molecule has 12 heavy (non-hydrogen) atoms. The van der Waals surface area contributed by atoms with Crippen LogP contribution in [0.1, 0.15) is 13.3 Å². The fraction of sp³-hybridized carbons (Fsp3) is 0.444. The van der Waals surface area contributed by atoms with Crippen LogP contribution in [0.15, 0.2) is 23.9 Å². The number of nitrogens with one attached hydrogen (secondary N) is 2. The van der Waals surface area contributed by atoms with Gasteiger partial charge in [-0.05, 0) is 5.57 Å². The van der Waals surface area contributed by atoms with Crippen LogP contribution >= 0.6 is 0 Å². The zero-order valence-electron chi connectivity index (χ0n) is 7.26. The van der Waals surface area contributed by atoms with Crippen molar-refractivity contribution < 1.29 is 4.79 Å². The zero-order valence-corrected chi connectivity index (χ0v) is 7.26. The first-order valence-electron chi connectivity index (χ1n) is 4.18. The van der Waals surface area contributed by atoms with E-state index in [-0.39, 0.29) is 5.91 Å². The van der Waals surface area contributed by atoms with Crippen molar-refractivity contribution >= 4 is 5.91 Å². The van der Waals surface area contributed by atoms with Crippen LogP contribution < -0.4 is 10.6 Å². The van der Waals surface area contributed by atoms with Gasteiger partial charge < -0.3 is 10.6 Å². The molecule has 1 rings (SSSR count). The molecule has 66 valence electrons. The molecule has 0 atom stereocenters. The molecule has 0 aromatic rings. The third-order valence-corrected chi connectivity index (χ3v) is 1.67. The third-order valence-electron chi connectivity index (χ3n) is 1.67. The van der Waals surface area contributed by atoms with Crippen molar-refractivity contribution in [3.05, 3.63) is 23.9 Å². The number of carbonyl (C=O) groups excluding carboxylic acids is 1. The number of hydrogen-bond donors (Lipinski definition) is 2. The summed E-state index contributed by atoms with van der Waals surface area (Å²) in [6.07, 6.45) is 6.53. The molecule has 0 saturated heterocycles. The second kappa shape index (κ2) is 4.59. The van der Waals surface area contributed by atoms with Gasteiger partial charge in [0.1, 0.15) is 0 Å². The van der Waals surface area contributed by atoms with Crippen LogP contribution in [0, 0.1) is 0 Å². The molecule has 0 radical (unpaired) electrons. The summed E-state index contributed by atoms with van der Waals surface area (Å²) in [6, 6.07) is 0. The lowest BCUT2D eigenvalue weighted by Crippen LogP contribution is -2.25. The van der Waals surface area contributed by atoms with Crippen LogP contribution in [-0.2, 0) is 4.79 Å². The molecule has 0 aromatic carbocycles. The Hall–Kier alpha value is -1.25. The molecule has 3 heteroatoms. The first-order valence-corrected chi connectivity index (χ1v) is 4.18. The van der Waals surface area contributed by atoms with Gasteiger partial charge in [0.15, 0.2) is 0 Å². The first-order chi connectivity index (χ1) is 5.83. The SMILES string of the molecule is CCC(=O)NCC1=CNCC=C1. The maximum atomic E-state index is 10.9. The second-order valence-corrected chi connectivity index (χ2v) is 2.66. The highest BCUT2D eigenvalue weighted by atomic mass is 16.1. The molecule has 1 amide bonds. The molecular formula is C9H14N2O. The van der Waals surface area contributed by atoms with E-state index in [9.17, 15) is 4.79 Å². The largest absolute Gasteiger partial charge is 0.387 e. The van der Waals surface area contributed by atoms with Crippen LogP contribution in [0.2, 0.25) is 0 Å². The summed E-state index contributed by atoms with van der Waals surface area (Å²) < 4.78 is 0. The lowest BCUT2D eigenvalue weighted by molar-refractivity contribution is -0.120. The summed E-state index contributed by atoms with van der Waals surface area (Å²) in [6.45, 7) is 3.35. The maximum Gasteiger partial charge on any atom is 0.219 e. The van der Waals surface area contributed by atoms with Crippen LogP contribution in [0.4, 0.5) is 0 Å². The molecule has 0 spiro atoms. The molecule has 0 saturated carbocycles. The molecule has 0 aliphatic carbocycles. The van der Waals surface area contributed by atoms with Gasteiger partial charge in [0.2, 0.25) is 5.91 Å². The Labute approximate surface area is 72.5 Å². The van der Waals surface area contributed by atoms with Gasteiger partial charge in [-0.3, -0.25) is 4.79 Å². The number of carbonyl (C=O) groups is 1. The summed E-state index contributed by atoms with van der Waals surface area (Å²) >= 11 is 0. The lowest BCUT2D eigenvalue weighted by Gasteiger charge is -2.08. The molecular weight excluding hydrogens is 152 g/mol. The standard InChI is InChI=1S/C9H14N2O/c1-2-9(12)11-7-8-4-3-5-10-6-8/h3-4,6,10H,2,5,7H2,1H3,(H,11,12). The quantitative estimate of drug-likeness (QED) is 0.643. The highest BCUT2D eigenvalue weighted by Crippen LogP contribution is 1.97. The van der Waals surface area contributed by atoms with E-state index in [0.29, 0.717) is 13.0 Å². The highest BCUT2D eigenvalue weighted by Gasteiger charge is 1.99. The van der Waals surface area contributed by atoms with E-state index in [1.807, 2.05) is 25.3 Å². The molecule has 0 unspecified atom stereocenters. The fourth-order valence-electron chi connectivity index (χ4n) is 0.952. The van der Waals surface area contributed by atoms with E-state index < -0.39 is 0 Å². The highest BCUT2D eigenvalue weighted by molar-refractivity contribution is 5.75. The predicted octanol–water partition coefficient (Wildman–Crippen LogP) is 0.556. The van der Waals surface area contributed by atoms with Crippen molar-refractivity contribution in [3.63, 3.8) is 0 Å². The molecule has 0 aromatic heterocycles. The summed E-state index contributed by atoms with van der Waals surface area (Å²) in [5.41, 5.74) is 1.11. The van der Waals surface area contributed by atoms with Crippen LogP contribution in [-0.4, -0.2) is 19.0 Å². The van der Waals surface area contributed by atoms with Crippen molar-refractivity contribution in [2.75, 3.05) is 13.1 Å². The van der Waals surface area contributed by atoms with E-state index in [1.54, 1.807) is 0 Å². The van der Waals surface area contributed by atoms with Crippen molar-refractivity contribution in [3.8, 4) is 0 Å². The Morgan fingerprint density at radius 1 is 1.75 bits per heavy atom. The van der Waals surface area contributed by atoms with Crippen molar-refractivity contribution in [1.29, 1.82) is 0 Å². The van der Waals surface area contributed by atoms with Crippen LogP contribution in [0.5, 0.6) is 0 Å². The van der Waals surface area contributed by atoms with E-state index in [4.69, 9.17) is 0 Å². The monoisotopic (exact) mass is 166 g/mol. The topological polar surface area (TPSA) is 41.1 Å². The average Bonchev–Trinajstić information content (AvgIpc) is 2.16. The average molecular weight is 166 g/mol. The summed E-state index contributed by atoms with van der Waals surface area (Å²) in [7, 11) is 0. The Morgan fingerprint density at radius 2 is 2.58 bits per heavy atom. The Bertz CT molecular complexity index is 219. The van der Waals surface area contributed by atoms with Gasteiger partial charge in [0.25, 0.3) is 0 Å². The molecule has 3 nitrogen and oxygen atoms in total. The Kier molecular flexibility index (Phi) is 3.38. The number of rotatable bonds is 3. The summed E-state index contributed by atoms with van der Waals surface area (Å²) in [5, 5.41) is 5.88. The number of dihydropyridines is 1. The van der Waals surface area contributed by atoms with Crippen molar-refractivity contribution in [2.45, 2.75) is 13.3 Å². The van der Waals surface area contributed by atoms with E-state index in [2.05, 4.69) is 10.6 Å². The minimum Gasteiger partial charge on any atom is -0.387 e. The van der Waals surface area contributed by atoms with E-state index in [1.165, 1.54) is 0 Å². The smallest absolute Gasteiger partial charge is 0.219 e. The maximum absolute atomic E-state index is 10.9. The minimum absolute atomic E-state index is 0.0925. The van der Waals surface area contributed by atoms with Crippen LogP contribution in [0.25, 0.3) is 0 Å². The normalized spacial score (nSPS) is 14.9. The van der Waals surface area contributed by atoms with Crippen LogP contribution in [0.3, 0.4) is 0 Å².